The second-order valence-electron chi connectivity index (χ2n) is 6.95. The van der Waals surface area contributed by atoms with Crippen molar-refractivity contribution in [3.05, 3.63) is 54.1 Å². The molecule has 1 aliphatic rings. The SMILES string of the molecule is COc1ccccc1NC(=O)C(=O)NCc1ccc(S(=O)(=O)N2CCCCC2)cc1. The molecule has 30 heavy (non-hydrogen) atoms. The molecular weight excluding hydrogens is 406 g/mol. The van der Waals surface area contributed by atoms with Crippen LogP contribution in [0.15, 0.2) is 53.4 Å². The molecule has 0 bridgehead atoms. The molecule has 1 fully saturated rings. The van der Waals surface area contributed by atoms with E-state index in [0.717, 1.165) is 19.3 Å². The number of benzene rings is 2. The minimum absolute atomic E-state index is 0.0994. The van der Waals surface area contributed by atoms with Crippen molar-refractivity contribution in [2.24, 2.45) is 0 Å². The maximum atomic E-state index is 12.7. The van der Waals surface area contributed by atoms with Crippen LogP contribution in [0.25, 0.3) is 0 Å². The molecule has 0 radical (unpaired) electrons. The van der Waals surface area contributed by atoms with Gasteiger partial charge in [-0.15, -0.1) is 0 Å². The van der Waals surface area contributed by atoms with E-state index in [4.69, 9.17) is 4.74 Å². The Morgan fingerprint density at radius 2 is 1.63 bits per heavy atom. The number of carbonyl (C=O) groups excluding carboxylic acids is 2. The summed E-state index contributed by atoms with van der Waals surface area (Å²) >= 11 is 0. The van der Waals surface area contributed by atoms with E-state index in [1.54, 1.807) is 36.4 Å². The topological polar surface area (TPSA) is 105 Å². The molecule has 1 heterocycles. The van der Waals surface area contributed by atoms with Crippen molar-refractivity contribution in [1.82, 2.24) is 9.62 Å². The van der Waals surface area contributed by atoms with Crippen LogP contribution in [0, 0.1) is 0 Å². The molecule has 2 amide bonds. The van der Waals surface area contributed by atoms with Gasteiger partial charge in [0.1, 0.15) is 5.75 Å². The number of hydrogen-bond acceptors (Lipinski definition) is 5. The van der Waals surface area contributed by atoms with Crippen molar-refractivity contribution in [3.63, 3.8) is 0 Å². The molecular formula is C21H25N3O5S. The fourth-order valence-corrected chi connectivity index (χ4v) is 4.74. The van der Waals surface area contributed by atoms with Crippen LogP contribution in [-0.4, -0.2) is 44.7 Å². The third-order valence-corrected chi connectivity index (χ3v) is 6.80. The highest BCUT2D eigenvalue weighted by molar-refractivity contribution is 7.89. The van der Waals surface area contributed by atoms with Gasteiger partial charge in [0.2, 0.25) is 10.0 Å². The Bertz CT molecular complexity index is 1000. The summed E-state index contributed by atoms with van der Waals surface area (Å²) in [4.78, 5) is 24.4. The molecule has 9 heteroatoms. The fraction of sp³-hybridized carbons (Fsp3) is 0.333. The van der Waals surface area contributed by atoms with E-state index in [2.05, 4.69) is 10.6 Å². The van der Waals surface area contributed by atoms with Crippen molar-refractivity contribution in [2.75, 3.05) is 25.5 Å². The lowest BCUT2D eigenvalue weighted by atomic mass is 10.2. The van der Waals surface area contributed by atoms with Crippen LogP contribution in [0.4, 0.5) is 5.69 Å². The molecule has 2 aromatic carbocycles. The Morgan fingerprint density at radius 1 is 0.967 bits per heavy atom. The molecule has 0 spiro atoms. The molecule has 1 aliphatic heterocycles. The summed E-state index contributed by atoms with van der Waals surface area (Å²) in [6, 6.07) is 13.1. The normalized spacial score (nSPS) is 14.7. The first-order valence-electron chi connectivity index (χ1n) is 9.73. The van der Waals surface area contributed by atoms with E-state index in [1.807, 2.05) is 0 Å². The molecule has 0 aliphatic carbocycles. The summed E-state index contributed by atoms with van der Waals surface area (Å²) in [6.07, 6.45) is 2.80. The first kappa shape index (κ1) is 21.8. The maximum Gasteiger partial charge on any atom is 0.313 e. The number of piperidine rings is 1. The van der Waals surface area contributed by atoms with Gasteiger partial charge < -0.3 is 15.4 Å². The highest BCUT2D eigenvalue weighted by Crippen LogP contribution is 2.23. The Morgan fingerprint density at radius 3 is 2.30 bits per heavy atom. The van der Waals surface area contributed by atoms with Crippen molar-refractivity contribution >= 4 is 27.5 Å². The lowest BCUT2D eigenvalue weighted by Crippen LogP contribution is -2.35. The van der Waals surface area contributed by atoms with Crippen molar-refractivity contribution in [3.8, 4) is 5.75 Å². The van der Waals surface area contributed by atoms with Crippen LogP contribution < -0.4 is 15.4 Å². The molecule has 8 nitrogen and oxygen atoms in total. The molecule has 0 atom stereocenters. The molecule has 1 saturated heterocycles. The Hall–Kier alpha value is -2.91. The molecule has 0 saturated carbocycles. The number of carbonyl (C=O) groups is 2. The summed E-state index contributed by atoms with van der Waals surface area (Å²) < 4.78 is 32.0. The summed E-state index contributed by atoms with van der Waals surface area (Å²) in [5.41, 5.74) is 1.08. The minimum atomic E-state index is -3.49. The maximum absolute atomic E-state index is 12.7. The molecule has 2 N–H and O–H groups in total. The van der Waals surface area contributed by atoms with E-state index < -0.39 is 21.8 Å². The summed E-state index contributed by atoms with van der Waals surface area (Å²) in [5, 5.41) is 5.03. The number of rotatable bonds is 6. The van der Waals surface area contributed by atoms with Crippen LogP contribution >= 0.6 is 0 Å². The third-order valence-electron chi connectivity index (χ3n) is 4.89. The van der Waals surface area contributed by atoms with Gasteiger partial charge in [-0.05, 0) is 42.7 Å². The average molecular weight is 432 g/mol. The van der Waals surface area contributed by atoms with E-state index in [0.29, 0.717) is 30.1 Å². The minimum Gasteiger partial charge on any atom is -0.495 e. The smallest absolute Gasteiger partial charge is 0.313 e. The highest BCUT2D eigenvalue weighted by Gasteiger charge is 2.25. The largest absolute Gasteiger partial charge is 0.495 e. The number of sulfonamides is 1. The van der Waals surface area contributed by atoms with Gasteiger partial charge in [-0.2, -0.15) is 4.31 Å². The van der Waals surface area contributed by atoms with Crippen molar-refractivity contribution in [2.45, 2.75) is 30.7 Å². The second kappa shape index (κ2) is 9.73. The monoisotopic (exact) mass is 431 g/mol. The number of nitrogens with zero attached hydrogens (tertiary/aromatic N) is 1. The Kier molecular flexibility index (Phi) is 7.07. The van der Waals surface area contributed by atoms with E-state index in [-0.39, 0.29) is 11.4 Å². The number of methoxy groups -OCH3 is 1. The zero-order valence-corrected chi connectivity index (χ0v) is 17.6. The summed E-state index contributed by atoms with van der Waals surface area (Å²) in [7, 11) is -2.02. The van der Waals surface area contributed by atoms with Crippen LogP contribution in [0.3, 0.4) is 0 Å². The standard InChI is InChI=1S/C21H25N3O5S/c1-29-19-8-4-3-7-18(19)23-21(26)20(25)22-15-16-9-11-17(12-10-16)30(27,28)24-13-5-2-6-14-24/h3-4,7-12H,2,5-6,13-15H2,1H3,(H,22,25)(H,23,26). The summed E-state index contributed by atoms with van der Waals surface area (Å²) in [6.45, 7) is 1.19. The number of nitrogens with one attached hydrogen (secondary N) is 2. The van der Waals surface area contributed by atoms with Crippen LogP contribution in [0.5, 0.6) is 5.75 Å². The molecule has 0 aromatic heterocycles. The number of ether oxygens (including phenoxy) is 1. The van der Waals surface area contributed by atoms with Gasteiger partial charge in [-0.1, -0.05) is 30.7 Å². The number of para-hydroxylation sites is 2. The molecule has 3 rings (SSSR count). The van der Waals surface area contributed by atoms with Gasteiger partial charge in [-0.3, -0.25) is 9.59 Å². The highest BCUT2D eigenvalue weighted by atomic mass is 32.2. The third kappa shape index (κ3) is 5.17. The Balaban J connectivity index is 1.56. The second-order valence-corrected chi connectivity index (χ2v) is 8.88. The van der Waals surface area contributed by atoms with E-state index in [9.17, 15) is 18.0 Å². The summed E-state index contributed by atoms with van der Waals surface area (Å²) in [5.74, 6) is -1.17. The lowest BCUT2D eigenvalue weighted by Gasteiger charge is -2.25. The molecule has 2 aromatic rings. The van der Waals surface area contributed by atoms with Crippen LogP contribution in [-0.2, 0) is 26.2 Å². The number of amides is 2. The first-order valence-corrected chi connectivity index (χ1v) is 11.2. The fourth-order valence-electron chi connectivity index (χ4n) is 3.22. The van der Waals surface area contributed by atoms with E-state index in [1.165, 1.54) is 23.5 Å². The molecule has 0 unspecified atom stereocenters. The van der Waals surface area contributed by atoms with E-state index >= 15 is 0 Å². The zero-order valence-electron chi connectivity index (χ0n) is 16.8. The van der Waals surface area contributed by atoms with Gasteiger partial charge >= 0.3 is 11.8 Å². The lowest BCUT2D eigenvalue weighted by molar-refractivity contribution is -0.136. The van der Waals surface area contributed by atoms with Gasteiger partial charge in [-0.25, -0.2) is 8.42 Å². The van der Waals surface area contributed by atoms with Gasteiger partial charge in [0.25, 0.3) is 0 Å². The van der Waals surface area contributed by atoms with Crippen molar-refractivity contribution < 1.29 is 22.7 Å². The van der Waals surface area contributed by atoms with Gasteiger partial charge in [0, 0.05) is 19.6 Å². The van der Waals surface area contributed by atoms with Gasteiger partial charge in [0.05, 0.1) is 17.7 Å². The number of anilines is 1. The first-order chi connectivity index (χ1) is 14.4. The number of hydrogen-bond donors (Lipinski definition) is 2. The predicted molar refractivity (Wildman–Crippen MR) is 113 cm³/mol. The van der Waals surface area contributed by atoms with Gasteiger partial charge in [0.15, 0.2) is 0 Å². The quantitative estimate of drug-likeness (QED) is 0.682. The Labute approximate surface area is 176 Å². The zero-order chi connectivity index (χ0) is 21.6. The average Bonchev–Trinajstić information content (AvgIpc) is 2.78. The predicted octanol–water partition coefficient (Wildman–Crippen LogP) is 2.12. The van der Waals surface area contributed by atoms with Crippen molar-refractivity contribution in [1.29, 1.82) is 0 Å². The van der Waals surface area contributed by atoms with Crippen LogP contribution in [0.1, 0.15) is 24.8 Å². The molecule has 160 valence electrons. The van der Waals surface area contributed by atoms with Crippen LogP contribution in [0.2, 0.25) is 0 Å².